The number of ether oxygens (including phenoxy) is 1. The first-order valence-corrected chi connectivity index (χ1v) is 10.4. The molecule has 0 saturated heterocycles. The van der Waals surface area contributed by atoms with Gasteiger partial charge in [-0.1, -0.05) is 57.2 Å². The second-order valence-electron chi connectivity index (χ2n) is 7.12. The number of thiazole rings is 1. The average molecular weight is 395 g/mol. The highest BCUT2D eigenvalue weighted by Crippen LogP contribution is 2.28. The summed E-state index contributed by atoms with van der Waals surface area (Å²) in [5.74, 6) is 0.888. The molecule has 0 saturated carbocycles. The number of amides is 1. The molecule has 1 amide bonds. The van der Waals surface area contributed by atoms with E-state index in [0.29, 0.717) is 11.0 Å². The maximum Gasteiger partial charge on any atom is 0.264 e. The number of hydrogen-bond acceptors (Lipinski definition) is 4. The number of anilines is 1. The minimum atomic E-state index is -0.210. The zero-order chi connectivity index (χ0) is 20.1. The minimum Gasteiger partial charge on any atom is -0.483 e. The van der Waals surface area contributed by atoms with Gasteiger partial charge >= 0.3 is 0 Å². The Morgan fingerprint density at radius 2 is 1.93 bits per heavy atom. The minimum absolute atomic E-state index is 0.0384. The van der Waals surface area contributed by atoms with Gasteiger partial charge in [-0.3, -0.25) is 10.1 Å². The van der Waals surface area contributed by atoms with E-state index in [1.165, 1.54) is 16.9 Å². The van der Waals surface area contributed by atoms with E-state index < -0.39 is 0 Å². The Bertz CT molecular complexity index is 945. The fraction of sp³-hybridized carbons (Fsp3) is 0.304. The molecule has 4 nitrogen and oxygen atoms in total. The first-order valence-electron chi connectivity index (χ1n) is 9.54. The summed E-state index contributed by atoms with van der Waals surface area (Å²) in [4.78, 5) is 16.8. The van der Waals surface area contributed by atoms with Crippen LogP contribution in [0, 0.1) is 6.92 Å². The Balaban J connectivity index is 1.61. The molecular formula is C23H26N2O2S. The molecular weight excluding hydrogens is 368 g/mol. The maximum atomic E-state index is 12.3. The normalized spacial score (nSPS) is 10.9. The van der Waals surface area contributed by atoms with Gasteiger partial charge in [-0.05, 0) is 42.0 Å². The lowest BCUT2D eigenvalue weighted by Crippen LogP contribution is -2.20. The number of carbonyl (C=O) groups excluding carboxylic acids is 1. The largest absolute Gasteiger partial charge is 0.483 e. The standard InChI is InChI=1S/C23H26N2O2S/c1-5-17-7-9-18(10-8-17)20-14-28-23(24-20)25-22(26)13-27-21-12-16(4)6-11-19(21)15(2)3/h6-12,14-15H,5,13H2,1-4H3,(H,24,25,26). The van der Waals surface area contributed by atoms with Crippen LogP contribution in [-0.2, 0) is 11.2 Å². The summed E-state index contributed by atoms with van der Waals surface area (Å²) < 4.78 is 5.80. The molecule has 0 spiro atoms. The van der Waals surface area contributed by atoms with E-state index in [0.717, 1.165) is 34.6 Å². The molecule has 3 aromatic rings. The van der Waals surface area contributed by atoms with Crippen molar-refractivity contribution in [2.75, 3.05) is 11.9 Å². The van der Waals surface area contributed by atoms with Gasteiger partial charge in [-0.2, -0.15) is 0 Å². The first-order chi connectivity index (χ1) is 13.5. The van der Waals surface area contributed by atoms with Gasteiger partial charge in [0.2, 0.25) is 0 Å². The molecule has 28 heavy (non-hydrogen) atoms. The molecule has 5 heteroatoms. The predicted octanol–water partition coefficient (Wildman–Crippen LogP) is 5.82. The number of nitrogens with one attached hydrogen (secondary N) is 1. The third kappa shape index (κ3) is 4.98. The highest BCUT2D eigenvalue weighted by molar-refractivity contribution is 7.14. The van der Waals surface area contributed by atoms with E-state index in [4.69, 9.17) is 4.74 Å². The van der Waals surface area contributed by atoms with Crippen LogP contribution in [-0.4, -0.2) is 17.5 Å². The summed E-state index contributed by atoms with van der Waals surface area (Å²) in [5.41, 5.74) is 5.42. The van der Waals surface area contributed by atoms with Crippen molar-refractivity contribution in [2.24, 2.45) is 0 Å². The second-order valence-corrected chi connectivity index (χ2v) is 7.98. The Morgan fingerprint density at radius 3 is 2.61 bits per heavy atom. The molecule has 0 aliphatic rings. The van der Waals surface area contributed by atoms with Crippen molar-refractivity contribution in [3.63, 3.8) is 0 Å². The molecule has 2 aromatic carbocycles. The van der Waals surface area contributed by atoms with Crippen molar-refractivity contribution in [1.82, 2.24) is 4.98 Å². The lowest BCUT2D eigenvalue weighted by molar-refractivity contribution is -0.118. The van der Waals surface area contributed by atoms with E-state index in [9.17, 15) is 4.79 Å². The molecule has 0 atom stereocenters. The Hall–Kier alpha value is -2.66. The number of aryl methyl sites for hydroxylation is 2. The highest BCUT2D eigenvalue weighted by atomic mass is 32.1. The molecule has 3 rings (SSSR count). The van der Waals surface area contributed by atoms with Crippen molar-refractivity contribution in [3.05, 3.63) is 64.5 Å². The topological polar surface area (TPSA) is 51.2 Å². The molecule has 0 radical (unpaired) electrons. The van der Waals surface area contributed by atoms with Crippen LogP contribution in [0.1, 0.15) is 43.4 Å². The van der Waals surface area contributed by atoms with Crippen LogP contribution in [0.2, 0.25) is 0 Å². The predicted molar refractivity (Wildman–Crippen MR) is 116 cm³/mol. The van der Waals surface area contributed by atoms with Gasteiger partial charge in [-0.25, -0.2) is 4.98 Å². The lowest BCUT2D eigenvalue weighted by atomic mass is 10.0. The fourth-order valence-electron chi connectivity index (χ4n) is 2.92. The van der Waals surface area contributed by atoms with Crippen molar-refractivity contribution >= 4 is 22.4 Å². The summed E-state index contributed by atoms with van der Waals surface area (Å²) in [6, 6.07) is 14.4. The number of aromatic nitrogens is 1. The number of rotatable bonds is 7. The number of hydrogen-bond donors (Lipinski definition) is 1. The van der Waals surface area contributed by atoms with Gasteiger partial charge in [0.05, 0.1) is 5.69 Å². The Morgan fingerprint density at radius 1 is 1.18 bits per heavy atom. The molecule has 0 fully saturated rings. The van der Waals surface area contributed by atoms with Gasteiger partial charge < -0.3 is 4.74 Å². The molecule has 0 aliphatic heterocycles. The molecule has 1 aromatic heterocycles. The number of carbonyl (C=O) groups is 1. The summed E-state index contributed by atoms with van der Waals surface area (Å²) in [6.07, 6.45) is 1.01. The van der Waals surface area contributed by atoms with E-state index in [2.05, 4.69) is 67.5 Å². The van der Waals surface area contributed by atoms with Crippen molar-refractivity contribution in [3.8, 4) is 17.0 Å². The molecule has 0 aliphatic carbocycles. The Labute approximate surface area is 170 Å². The Kier molecular flexibility index (Phi) is 6.47. The highest BCUT2D eigenvalue weighted by Gasteiger charge is 2.12. The summed E-state index contributed by atoms with van der Waals surface area (Å²) in [6.45, 7) is 8.34. The van der Waals surface area contributed by atoms with Gasteiger partial charge in [0.25, 0.3) is 5.91 Å². The zero-order valence-corrected chi connectivity index (χ0v) is 17.6. The van der Waals surface area contributed by atoms with E-state index >= 15 is 0 Å². The van der Waals surface area contributed by atoms with Crippen LogP contribution < -0.4 is 10.1 Å². The molecule has 0 unspecified atom stereocenters. The first kappa shape index (κ1) is 20.1. The van der Waals surface area contributed by atoms with Gasteiger partial charge in [0.15, 0.2) is 11.7 Å². The van der Waals surface area contributed by atoms with E-state index in [1.807, 2.05) is 18.4 Å². The van der Waals surface area contributed by atoms with Crippen molar-refractivity contribution in [1.29, 1.82) is 0 Å². The summed E-state index contributed by atoms with van der Waals surface area (Å²) >= 11 is 1.42. The maximum absolute atomic E-state index is 12.3. The van der Waals surface area contributed by atoms with Crippen LogP contribution in [0.5, 0.6) is 5.75 Å². The summed E-state index contributed by atoms with van der Waals surface area (Å²) in [5, 5.41) is 5.36. The SMILES string of the molecule is CCc1ccc(-c2csc(NC(=O)COc3cc(C)ccc3C(C)C)n2)cc1. The van der Waals surface area contributed by atoms with Gasteiger partial charge in [0, 0.05) is 10.9 Å². The molecule has 1 N–H and O–H groups in total. The van der Waals surface area contributed by atoms with Crippen molar-refractivity contribution in [2.45, 2.75) is 40.0 Å². The van der Waals surface area contributed by atoms with Crippen LogP contribution in [0.4, 0.5) is 5.13 Å². The van der Waals surface area contributed by atoms with E-state index in [1.54, 1.807) is 0 Å². The van der Waals surface area contributed by atoms with Gasteiger partial charge in [-0.15, -0.1) is 11.3 Å². The second kappa shape index (κ2) is 9.02. The van der Waals surface area contributed by atoms with Crippen LogP contribution in [0.25, 0.3) is 11.3 Å². The average Bonchev–Trinajstić information content (AvgIpc) is 3.14. The van der Waals surface area contributed by atoms with Crippen LogP contribution in [0.15, 0.2) is 47.8 Å². The summed E-state index contributed by atoms with van der Waals surface area (Å²) in [7, 11) is 0. The quantitative estimate of drug-likeness (QED) is 0.549. The van der Waals surface area contributed by atoms with E-state index in [-0.39, 0.29) is 12.5 Å². The van der Waals surface area contributed by atoms with Crippen LogP contribution in [0.3, 0.4) is 0 Å². The molecule has 0 bridgehead atoms. The number of nitrogens with zero attached hydrogens (tertiary/aromatic N) is 1. The molecule has 1 heterocycles. The monoisotopic (exact) mass is 394 g/mol. The zero-order valence-electron chi connectivity index (χ0n) is 16.8. The van der Waals surface area contributed by atoms with Crippen LogP contribution >= 0.6 is 11.3 Å². The lowest BCUT2D eigenvalue weighted by Gasteiger charge is -2.14. The smallest absolute Gasteiger partial charge is 0.264 e. The third-order valence-electron chi connectivity index (χ3n) is 4.56. The van der Waals surface area contributed by atoms with Gasteiger partial charge in [0.1, 0.15) is 5.75 Å². The fourth-order valence-corrected chi connectivity index (χ4v) is 3.65. The van der Waals surface area contributed by atoms with Crippen molar-refractivity contribution < 1.29 is 9.53 Å². The molecule has 146 valence electrons. The number of benzene rings is 2. The third-order valence-corrected chi connectivity index (χ3v) is 5.32.